The normalized spacial score (nSPS) is 29.1. The van der Waals surface area contributed by atoms with Crippen LogP contribution in [0.15, 0.2) is 23.0 Å². The minimum atomic E-state index is -4.85. The predicted molar refractivity (Wildman–Crippen MR) is 134 cm³/mol. The molecular formula is C27H30F3N3O7. The number of likely N-dealkylation sites (N-methyl/N-ethyl adjacent to an activating group) is 1. The number of amides is 1. The summed E-state index contributed by atoms with van der Waals surface area (Å²) in [5.74, 6) is -8.93. The highest BCUT2D eigenvalue weighted by Crippen LogP contribution is 2.54. The van der Waals surface area contributed by atoms with Gasteiger partial charge in [-0.3, -0.25) is 24.2 Å². The highest BCUT2D eigenvalue weighted by molar-refractivity contribution is 6.24. The van der Waals surface area contributed by atoms with E-state index in [9.17, 15) is 48.0 Å². The molecule has 2 fully saturated rings. The summed E-state index contributed by atoms with van der Waals surface area (Å²) in [5.41, 5.74) is -1.16. The van der Waals surface area contributed by atoms with Crippen LogP contribution in [0.2, 0.25) is 0 Å². The van der Waals surface area contributed by atoms with E-state index in [1.807, 2.05) is 4.90 Å². The minimum Gasteiger partial charge on any atom is -0.508 e. The molecule has 4 aliphatic rings. The van der Waals surface area contributed by atoms with Crippen molar-refractivity contribution in [1.29, 1.82) is 0 Å². The standard InChI is InChI=1S/C27H30F3N3O7/c1-32(2)20-14-8-11-7-13-17(15(34)9-12(19(13)27(28,29)30)10-33-5-3-4-6-33)21(35)16(11)23(37)26(14,40)24(38)18(22(20)36)25(31)39/h9,11,14,20,34-35,38,40H,3-8,10H2,1-2H3,(H2,31,39)/t11-,14-,20-,26-/m0/s1. The van der Waals surface area contributed by atoms with Gasteiger partial charge in [0, 0.05) is 18.0 Å². The lowest BCUT2D eigenvalue weighted by atomic mass is 9.57. The fourth-order valence-corrected chi connectivity index (χ4v) is 7.04. The van der Waals surface area contributed by atoms with Crippen LogP contribution in [0.3, 0.4) is 0 Å². The average molecular weight is 566 g/mol. The maximum absolute atomic E-state index is 14.5. The van der Waals surface area contributed by atoms with Gasteiger partial charge in [-0.15, -0.1) is 0 Å². The van der Waals surface area contributed by atoms with Crippen LogP contribution in [0.1, 0.15) is 41.5 Å². The molecule has 10 nitrogen and oxygen atoms in total. The number of likely N-dealkylation sites (tertiary alicyclic amines) is 1. The molecule has 1 heterocycles. The second-order valence-electron chi connectivity index (χ2n) is 11.2. The number of aromatic hydroxyl groups is 1. The number of aliphatic hydroxyl groups excluding tert-OH is 2. The van der Waals surface area contributed by atoms with E-state index in [0.717, 1.165) is 18.9 Å². The minimum absolute atomic E-state index is 0.0647. The number of phenols is 1. The number of nitrogens with zero attached hydrogens (tertiary/aromatic N) is 2. The molecule has 1 aromatic rings. The van der Waals surface area contributed by atoms with Gasteiger partial charge in [-0.1, -0.05) is 0 Å². The van der Waals surface area contributed by atoms with Crippen LogP contribution < -0.4 is 5.73 Å². The van der Waals surface area contributed by atoms with Gasteiger partial charge in [-0.05, 0) is 76.0 Å². The number of hydrogen-bond donors (Lipinski definition) is 5. The van der Waals surface area contributed by atoms with Gasteiger partial charge >= 0.3 is 6.18 Å². The number of phenolic OH excluding ortho intramolecular Hbond substituents is 1. The fraction of sp³-hybridized carbons (Fsp3) is 0.519. The molecule has 3 aliphatic carbocycles. The molecule has 0 radical (unpaired) electrons. The van der Waals surface area contributed by atoms with Crippen LogP contribution in [0, 0.1) is 11.8 Å². The Kier molecular flexibility index (Phi) is 6.55. The molecule has 216 valence electrons. The molecule has 13 heteroatoms. The van der Waals surface area contributed by atoms with Crippen LogP contribution >= 0.6 is 0 Å². The second kappa shape index (κ2) is 9.32. The van der Waals surface area contributed by atoms with E-state index in [1.165, 1.54) is 19.0 Å². The molecule has 1 aromatic carbocycles. The second-order valence-corrected chi connectivity index (χ2v) is 11.2. The topological polar surface area (TPSA) is 165 Å². The number of benzene rings is 1. The van der Waals surface area contributed by atoms with Crippen molar-refractivity contribution in [1.82, 2.24) is 9.80 Å². The predicted octanol–water partition coefficient (Wildman–Crippen LogP) is 1.58. The third kappa shape index (κ3) is 3.93. The van der Waals surface area contributed by atoms with Crippen molar-refractivity contribution < 1.29 is 48.0 Å². The highest BCUT2D eigenvalue weighted by Gasteiger charge is 2.64. The number of rotatable bonds is 4. The number of nitrogens with two attached hydrogens (primary N) is 1. The molecular weight excluding hydrogens is 535 g/mol. The Bertz CT molecular complexity index is 1390. The Hall–Kier alpha value is -3.42. The molecule has 1 amide bonds. The fourth-order valence-electron chi connectivity index (χ4n) is 7.04. The first-order valence-corrected chi connectivity index (χ1v) is 12.9. The summed E-state index contributed by atoms with van der Waals surface area (Å²) < 4.78 is 43.6. The van der Waals surface area contributed by atoms with Crippen LogP contribution in [0.25, 0.3) is 5.76 Å². The first-order valence-electron chi connectivity index (χ1n) is 12.9. The van der Waals surface area contributed by atoms with E-state index >= 15 is 0 Å². The zero-order valence-corrected chi connectivity index (χ0v) is 21.9. The highest BCUT2D eigenvalue weighted by atomic mass is 19.4. The largest absolute Gasteiger partial charge is 0.508 e. The molecule has 1 aliphatic heterocycles. The molecule has 1 saturated carbocycles. The monoisotopic (exact) mass is 565 g/mol. The van der Waals surface area contributed by atoms with Crippen LogP contribution in [0.4, 0.5) is 13.2 Å². The lowest BCUT2D eigenvalue weighted by Gasteiger charge is -2.50. The van der Waals surface area contributed by atoms with E-state index in [0.29, 0.717) is 13.1 Å². The number of ketones is 2. The Morgan fingerprint density at radius 3 is 2.35 bits per heavy atom. The summed E-state index contributed by atoms with van der Waals surface area (Å²) in [6.45, 7) is 1.14. The summed E-state index contributed by atoms with van der Waals surface area (Å²) in [6, 6.07) is -0.388. The maximum Gasteiger partial charge on any atom is 0.417 e. The summed E-state index contributed by atoms with van der Waals surface area (Å²) in [4.78, 5) is 42.2. The average Bonchev–Trinajstić information content (AvgIpc) is 3.33. The molecule has 4 atom stereocenters. The summed E-state index contributed by atoms with van der Waals surface area (Å²) >= 11 is 0. The molecule has 0 spiro atoms. The first kappa shape index (κ1) is 28.1. The van der Waals surface area contributed by atoms with Crippen molar-refractivity contribution in [2.45, 2.75) is 50.0 Å². The molecule has 0 bridgehead atoms. The number of Topliss-reactive ketones (excluding diaryl/α,β-unsaturated/α-hetero) is 2. The number of halogens is 3. The SMILES string of the molecule is CN(C)[C@@H]1C(=O)C(C(N)=O)=C(O)[C@@]2(O)C(=O)C3=C(O)c4c(O)cc(CN5CCCC5)c(C(F)(F)F)c4C[C@H]3C[C@@H]12. The number of hydrogen-bond acceptors (Lipinski definition) is 9. The van der Waals surface area contributed by atoms with E-state index in [4.69, 9.17) is 5.73 Å². The Morgan fingerprint density at radius 2 is 1.80 bits per heavy atom. The van der Waals surface area contributed by atoms with E-state index in [-0.39, 0.29) is 24.1 Å². The van der Waals surface area contributed by atoms with Gasteiger partial charge < -0.3 is 26.2 Å². The van der Waals surface area contributed by atoms with Gasteiger partial charge in [0.05, 0.1) is 17.2 Å². The van der Waals surface area contributed by atoms with E-state index < -0.39 is 93.1 Å². The van der Waals surface area contributed by atoms with E-state index in [2.05, 4.69) is 0 Å². The third-order valence-electron chi connectivity index (χ3n) is 8.68. The van der Waals surface area contributed by atoms with Crippen molar-refractivity contribution in [2.75, 3.05) is 27.2 Å². The molecule has 40 heavy (non-hydrogen) atoms. The Labute approximate surface area is 227 Å². The van der Waals surface area contributed by atoms with Gasteiger partial charge in [0.25, 0.3) is 5.91 Å². The Morgan fingerprint density at radius 1 is 1.18 bits per heavy atom. The van der Waals surface area contributed by atoms with Crippen molar-refractivity contribution in [3.05, 3.63) is 45.2 Å². The van der Waals surface area contributed by atoms with Crippen LogP contribution in [-0.4, -0.2) is 86.5 Å². The molecule has 5 rings (SSSR count). The number of alkyl halides is 3. The first-order chi connectivity index (χ1) is 18.6. The van der Waals surface area contributed by atoms with Gasteiger partial charge in [0.15, 0.2) is 11.4 Å². The van der Waals surface area contributed by atoms with Crippen LogP contribution in [-0.2, 0) is 33.5 Å². The number of fused-ring (bicyclic) bond motifs is 3. The lowest BCUT2D eigenvalue weighted by molar-refractivity contribution is -0.153. The van der Waals surface area contributed by atoms with Crippen molar-refractivity contribution in [2.24, 2.45) is 17.6 Å². The summed E-state index contributed by atoms with van der Waals surface area (Å²) in [6.07, 6.45) is -3.90. The van der Waals surface area contributed by atoms with Gasteiger partial charge in [0.1, 0.15) is 22.8 Å². The Balaban J connectivity index is 1.72. The van der Waals surface area contributed by atoms with Gasteiger partial charge in [-0.25, -0.2) is 0 Å². The van der Waals surface area contributed by atoms with Crippen molar-refractivity contribution in [3.8, 4) is 5.75 Å². The molecule has 1 saturated heterocycles. The number of aliphatic hydroxyl groups is 3. The smallest absolute Gasteiger partial charge is 0.417 e. The number of carbonyl (C=O) groups excluding carboxylic acids is 3. The van der Waals surface area contributed by atoms with Gasteiger partial charge in [-0.2, -0.15) is 13.2 Å². The van der Waals surface area contributed by atoms with Crippen LogP contribution in [0.5, 0.6) is 5.75 Å². The molecule has 0 unspecified atom stereocenters. The molecule has 6 N–H and O–H groups in total. The molecule has 0 aromatic heterocycles. The van der Waals surface area contributed by atoms with Gasteiger partial charge in [0.2, 0.25) is 5.78 Å². The van der Waals surface area contributed by atoms with E-state index in [1.54, 1.807) is 0 Å². The third-order valence-corrected chi connectivity index (χ3v) is 8.68. The summed E-state index contributed by atoms with van der Waals surface area (Å²) in [7, 11) is 2.88. The number of carbonyl (C=O) groups is 3. The lowest BCUT2D eigenvalue weighted by Crippen LogP contribution is -2.65. The number of primary amides is 1. The quantitative estimate of drug-likeness (QED) is 0.341. The summed E-state index contributed by atoms with van der Waals surface area (Å²) in [5, 5.41) is 44.5. The maximum atomic E-state index is 14.5. The zero-order chi connectivity index (χ0) is 29.5. The zero-order valence-electron chi connectivity index (χ0n) is 21.9. The van der Waals surface area contributed by atoms with Crippen molar-refractivity contribution in [3.63, 3.8) is 0 Å². The van der Waals surface area contributed by atoms with Crippen molar-refractivity contribution >= 4 is 23.2 Å².